The standard InChI is InChI=1S/C20H22N4O2/c1-14-6-4-5-7-15(14)12-21-19-11-20(23-13-22-19)24-17-10-16(25-2)8-9-18(17)26-3/h4-11,13H,12H2,1-3H3,(H2,21,22,23,24). The van der Waals surface area contributed by atoms with Gasteiger partial charge in [-0.05, 0) is 30.2 Å². The Bertz CT molecular complexity index is 883. The van der Waals surface area contributed by atoms with Crippen molar-refractivity contribution in [2.75, 3.05) is 24.9 Å². The molecule has 3 rings (SSSR count). The highest BCUT2D eigenvalue weighted by Crippen LogP contribution is 2.31. The second-order valence-electron chi connectivity index (χ2n) is 5.76. The summed E-state index contributed by atoms with van der Waals surface area (Å²) in [6.07, 6.45) is 1.52. The lowest BCUT2D eigenvalue weighted by molar-refractivity contribution is 0.405. The summed E-state index contributed by atoms with van der Waals surface area (Å²) >= 11 is 0. The molecular weight excluding hydrogens is 328 g/mol. The van der Waals surface area contributed by atoms with E-state index in [0.717, 1.165) is 17.3 Å². The molecule has 6 nitrogen and oxygen atoms in total. The van der Waals surface area contributed by atoms with E-state index in [1.54, 1.807) is 14.2 Å². The van der Waals surface area contributed by atoms with E-state index < -0.39 is 0 Å². The van der Waals surface area contributed by atoms with Gasteiger partial charge in [0.25, 0.3) is 0 Å². The van der Waals surface area contributed by atoms with Crippen molar-refractivity contribution < 1.29 is 9.47 Å². The molecule has 1 aromatic heterocycles. The molecule has 0 atom stereocenters. The van der Waals surface area contributed by atoms with E-state index in [2.05, 4.69) is 39.7 Å². The van der Waals surface area contributed by atoms with Gasteiger partial charge in [0.05, 0.1) is 19.9 Å². The monoisotopic (exact) mass is 350 g/mol. The smallest absolute Gasteiger partial charge is 0.142 e. The fourth-order valence-electron chi connectivity index (χ4n) is 2.57. The van der Waals surface area contributed by atoms with Gasteiger partial charge in [0.15, 0.2) is 0 Å². The highest BCUT2D eigenvalue weighted by molar-refractivity contribution is 5.67. The number of anilines is 3. The first-order valence-electron chi connectivity index (χ1n) is 8.29. The lowest BCUT2D eigenvalue weighted by Gasteiger charge is -2.13. The first kappa shape index (κ1) is 17.5. The fraction of sp³-hybridized carbons (Fsp3) is 0.200. The zero-order valence-electron chi connectivity index (χ0n) is 15.1. The minimum absolute atomic E-state index is 0.666. The van der Waals surface area contributed by atoms with Gasteiger partial charge < -0.3 is 20.1 Å². The van der Waals surface area contributed by atoms with Crippen LogP contribution in [0.4, 0.5) is 17.3 Å². The zero-order chi connectivity index (χ0) is 18.4. The second kappa shape index (κ2) is 8.20. The van der Waals surface area contributed by atoms with Crippen LogP contribution >= 0.6 is 0 Å². The van der Waals surface area contributed by atoms with E-state index in [9.17, 15) is 0 Å². The fourth-order valence-corrected chi connectivity index (χ4v) is 2.57. The Hall–Kier alpha value is -3.28. The third-order valence-electron chi connectivity index (χ3n) is 4.06. The molecule has 2 aromatic carbocycles. The van der Waals surface area contributed by atoms with Crippen molar-refractivity contribution in [3.63, 3.8) is 0 Å². The SMILES string of the molecule is COc1ccc(OC)c(Nc2cc(NCc3ccccc3C)ncn2)c1. The molecule has 0 saturated heterocycles. The van der Waals surface area contributed by atoms with E-state index >= 15 is 0 Å². The molecule has 0 fully saturated rings. The number of methoxy groups -OCH3 is 2. The van der Waals surface area contributed by atoms with E-state index in [4.69, 9.17) is 9.47 Å². The maximum atomic E-state index is 5.39. The molecule has 134 valence electrons. The van der Waals surface area contributed by atoms with Crippen LogP contribution in [0.25, 0.3) is 0 Å². The molecule has 0 aliphatic heterocycles. The molecule has 0 radical (unpaired) electrons. The number of nitrogens with one attached hydrogen (secondary N) is 2. The Morgan fingerprint density at radius 2 is 1.73 bits per heavy atom. The predicted molar refractivity (Wildman–Crippen MR) is 103 cm³/mol. The minimum atomic E-state index is 0.666. The summed E-state index contributed by atoms with van der Waals surface area (Å²) in [5.41, 5.74) is 3.25. The molecule has 0 saturated carbocycles. The third-order valence-corrected chi connectivity index (χ3v) is 4.06. The molecule has 1 heterocycles. The number of aryl methyl sites for hydroxylation is 1. The van der Waals surface area contributed by atoms with Gasteiger partial charge in [-0.25, -0.2) is 9.97 Å². The van der Waals surface area contributed by atoms with Crippen molar-refractivity contribution in [3.8, 4) is 11.5 Å². The molecule has 0 aliphatic rings. The molecule has 0 spiro atoms. The summed E-state index contributed by atoms with van der Waals surface area (Å²) in [4.78, 5) is 8.56. The quantitative estimate of drug-likeness (QED) is 0.667. The maximum Gasteiger partial charge on any atom is 0.142 e. The van der Waals surface area contributed by atoms with Gasteiger partial charge in [0.2, 0.25) is 0 Å². The molecule has 0 bridgehead atoms. The maximum absolute atomic E-state index is 5.39. The Balaban J connectivity index is 1.74. The van der Waals surface area contributed by atoms with Crippen molar-refractivity contribution in [2.45, 2.75) is 13.5 Å². The lowest BCUT2D eigenvalue weighted by atomic mass is 10.1. The summed E-state index contributed by atoms with van der Waals surface area (Å²) in [5, 5.41) is 6.58. The number of hydrogen-bond donors (Lipinski definition) is 2. The number of nitrogens with zero attached hydrogens (tertiary/aromatic N) is 2. The van der Waals surface area contributed by atoms with Gasteiger partial charge in [-0.1, -0.05) is 24.3 Å². The van der Waals surface area contributed by atoms with Crippen LogP contribution in [0.1, 0.15) is 11.1 Å². The van der Waals surface area contributed by atoms with Crippen molar-refractivity contribution >= 4 is 17.3 Å². The van der Waals surface area contributed by atoms with Crippen molar-refractivity contribution in [1.29, 1.82) is 0 Å². The Labute approximate surface area is 153 Å². The first-order chi connectivity index (χ1) is 12.7. The topological polar surface area (TPSA) is 68.3 Å². The van der Waals surface area contributed by atoms with Crippen molar-refractivity contribution in [3.05, 3.63) is 66.0 Å². The van der Waals surface area contributed by atoms with Crippen LogP contribution in [0, 0.1) is 6.92 Å². The summed E-state index contributed by atoms with van der Waals surface area (Å²) in [6.45, 7) is 2.80. The normalized spacial score (nSPS) is 10.3. The molecule has 3 aromatic rings. The summed E-state index contributed by atoms with van der Waals surface area (Å²) < 4.78 is 10.7. The van der Waals surface area contributed by atoms with Crippen LogP contribution in [0.5, 0.6) is 11.5 Å². The first-order valence-corrected chi connectivity index (χ1v) is 8.29. The van der Waals surface area contributed by atoms with Crippen molar-refractivity contribution in [1.82, 2.24) is 9.97 Å². The largest absolute Gasteiger partial charge is 0.497 e. The van der Waals surface area contributed by atoms with Gasteiger partial charge in [0.1, 0.15) is 29.5 Å². The van der Waals surface area contributed by atoms with Gasteiger partial charge in [-0.15, -0.1) is 0 Å². The minimum Gasteiger partial charge on any atom is -0.497 e. The Morgan fingerprint density at radius 3 is 2.50 bits per heavy atom. The molecule has 26 heavy (non-hydrogen) atoms. The predicted octanol–water partition coefficient (Wildman–Crippen LogP) is 4.16. The van der Waals surface area contributed by atoms with Gasteiger partial charge in [-0.3, -0.25) is 0 Å². The van der Waals surface area contributed by atoms with E-state index in [1.165, 1.54) is 17.5 Å². The third kappa shape index (κ3) is 4.22. The summed E-state index contributed by atoms with van der Waals surface area (Å²) in [5.74, 6) is 2.85. The summed E-state index contributed by atoms with van der Waals surface area (Å²) in [7, 11) is 3.26. The van der Waals surface area contributed by atoms with Gasteiger partial charge >= 0.3 is 0 Å². The molecular formula is C20H22N4O2. The molecule has 0 aliphatic carbocycles. The molecule has 2 N–H and O–H groups in total. The average molecular weight is 350 g/mol. The number of ether oxygens (including phenoxy) is 2. The highest BCUT2D eigenvalue weighted by atomic mass is 16.5. The van der Waals surface area contributed by atoms with Crippen LogP contribution in [0.15, 0.2) is 54.9 Å². The van der Waals surface area contributed by atoms with Crippen LogP contribution in [-0.2, 0) is 6.54 Å². The highest BCUT2D eigenvalue weighted by Gasteiger charge is 2.07. The number of benzene rings is 2. The van der Waals surface area contributed by atoms with Crippen LogP contribution < -0.4 is 20.1 Å². The van der Waals surface area contributed by atoms with Crippen LogP contribution in [0.2, 0.25) is 0 Å². The number of aromatic nitrogens is 2. The summed E-state index contributed by atoms with van der Waals surface area (Å²) in [6, 6.07) is 15.7. The Kier molecular flexibility index (Phi) is 5.53. The molecule has 6 heteroatoms. The molecule has 0 unspecified atom stereocenters. The van der Waals surface area contributed by atoms with E-state index in [1.807, 2.05) is 36.4 Å². The number of hydrogen-bond acceptors (Lipinski definition) is 6. The van der Waals surface area contributed by atoms with Gasteiger partial charge in [-0.2, -0.15) is 0 Å². The average Bonchev–Trinajstić information content (AvgIpc) is 2.67. The number of rotatable bonds is 7. The van der Waals surface area contributed by atoms with Crippen LogP contribution in [-0.4, -0.2) is 24.2 Å². The van der Waals surface area contributed by atoms with Gasteiger partial charge in [0, 0.05) is 18.7 Å². The van der Waals surface area contributed by atoms with Crippen LogP contribution in [0.3, 0.4) is 0 Å². The molecule has 0 amide bonds. The second-order valence-corrected chi connectivity index (χ2v) is 5.76. The van der Waals surface area contributed by atoms with E-state index in [0.29, 0.717) is 18.1 Å². The van der Waals surface area contributed by atoms with Crippen molar-refractivity contribution in [2.24, 2.45) is 0 Å². The zero-order valence-corrected chi connectivity index (χ0v) is 15.1. The van der Waals surface area contributed by atoms with E-state index in [-0.39, 0.29) is 0 Å². The Morgan fingerprint density at radius 1 is 0.923 bits per heavy atom. The lowest BCUT2D eigenvalue weighted by Crippen LogP contribution is -2.04.